The fraction of sp³-hybridized carbons (Fsp3) is 0.0455. The molecule has 1 aromatic heterocycles. The van der Waals surface area contributed by atoms with Crippen LogP contribution in [-0.2, 0) is 0 Å². The van der Waals surface area contributed by atoms with E-state index in [9.17, 15) is 0 Å². The van der Waals surface area contributed by atoms with Gasteiger partial charge in [-0.25, -0.2) is 0 Å². The molecule has 214 valence electrons. The van der Waals surface area contributed by atoms with Gasteiger partial charge in [-0.1, -0.05) is 153 Å². The maximum atomic E-state index is 6.25. The Morgan fingerprint density at radius 1 is 0.333 bits per heavy atom. The summed E-state index contributed by atoms with van der Waals surface area (Å²) in [6.07, 6.45) is 0. The Hall–Kier alpha value is -5.66. The normalized spacial score (nSPS) is 11.3. The maximum Gasteiger partial charge on any atom is 0.136 e. The Morgan fingerprint density at radius 2 is 0.800 bits per heavy atom. The summed E-state index contributed by atoms with van der Waals surface area (Å²) in [5.41, 5.74) is 9.25. The second-order valence-corrected chi connectivity index (χ2v) is 11.3. The lowest BCUT2D eigenvalue weighted by Crippen LogP contribution is -1.90. The largest absolute Gasteiger partial charge is 0.456 e. The van der Waals surface area contributed by atoms with Gasteiger partial charge in [0.15, 0.2) is 0 Å². The highest BCUT2D eigenvalue weighted by Crippen LogP contribution is 2.44. The summed E-state index contributed by atoms with van der Waals surface area (Å²) in [7, 11) is 0. The number of furan rings is 1. The third-order valence-corrected chi connectivity index (χ3v) is 8.86. The first-order chi connectivity index (χ1) is 22.3. The summed E-state index contributed by atoms with van der Waals surface area (Å²) in [6, 6.07) is 56.8. The topological polar surface area (TPSA) is 13.1 Å². The second-order valence-electron chi connectivity index (χ2n) is 11.3. The molecule has 0 aliphatic carbocycles. The fourth-order valence-corrected chi connectivity index (χ4v) is 6.91. The van der Waals surface area contributed by atoms with Gasteiger partial charge in [0.1, 0.15) is 11.2 Å². The molecule has 1 heterocycles. The van der Waals surface area contributed by atoms with Crippen molar-refractivity contribution in [3.63, 3.8) is 0 Å². The Bertz CT molecular complexity index is 2420. The minimum Gasteiger partial charge on any atom is -0.456 e. The summed E-state index contributed by atoms with van der Waals surface area (Å²) in [5, 5.41) is 9.88. The van der Waals surface area contributed by atoms with Crippen molar-refractivity contribution in [2.75, 3.05) is 0 Å². The molecule has 0 unspecified atom stereocenters. The van der Waals surface area contributed by atoms with Crippen LogP contribution in [0.2, 0.25) is 0 Å². The third-order valence-electron chi connectivity index (χ3n) is 8.86. The van der Waals surface area contributed by atoms with E-state index in [0.29, 0.717) is 0 Å². The highest BCUT2D eigenvalue weighted by Gasteiger charge is 2.17. The van der Waals surface area contributed by atoms with E-state index in [1.54, 1.807) is 0 Å². The van der Waals surface area contributed by atoms with Gasteiger partial charge in [0.2, 0.25) is 0 Å². The molecule has 0 aliphatic heterocycles. The standard InChI is InChI=1S/C42H26O.C2H6/c1-2-11-29(12-3-1)40-33-14-6-8-16-35(33)41(36-17-9-7-15-34(36)40)30-20-18-27(19-21-30)31-23-24-38-37(26-31)42-32-13-5-4-10-28(32)22-25-39(42)43-38;1-2/h1-26H;1-2H3. The van der Waals surface area contributed by atoms with Crippen molar-refractivity contribution in [2.45, 2.75) is 13.8 Å². The molecule has 1 heteroatoms. The molecule has 9 rings (SSSR count). The zero-order valence-electron chi connectivity index (χ0n) is 25.4. The van der Waals surface area contributed by atoms with Crippen molar-refractivity contribution < 1.29 is 4.42 Å². The van der Waals surface area contributed by atoms with Gasteiger partial charge in [0.05, 0.1) is 0 Å². The highest BCUT2D eigenvalue weighted by molar-refractivity contribution is 6.22. The average molecular weight is 577 g/mol. The zero-order chi connectivity index (χ0) is 30.3. The predicted molar refractivity (Wildman–Crippen MR) is 194 cm³/mol. The van der Waals surface area contributed by atoms with Crippen molar-refractivity contribution in [1.29, 1.82) is 0 Å². The van der Waals surface area contributed by atoms with Gasteiger partial charge < -0.3 is 4.42 Å². The summed E-state index contributed by atoms with van der Waals surface area (Å²) >= 11 is 0. The molecule has 45 heavy (non-hydrogen) atoms. The fourth-order valence-electron chi connectivity index (χ4n) is 6.91. The minimum absolute atomic E-state index is 0.920. The van der Waals surface area contributed by atoms with E-state index < -0.39 is 0 Å². The zero-order valence-corrected chi connectivity index (χ0v) is 25.4. The van der Waals surface area contributed by atoms with E-state index in [-0.39, 0.29) is 0 Å². The van der Waals surface area contributed by atoms with Crippen LogP contribution in [0.1, 0.15) is 13.8 Å². The molecule has 0 saturated carbocycles. The number of benzene rings is 8. The molecule has 0 amide bonds. The van der Waals surface area contributed by atoms with Crippen LogP contribution >= 0.6 is 0 Å². The number of hydrogen-bond donors (Lipinski definition) is 0. The Kier molecular flexibility index (Phi) is 6.65. The van der Waals surface area contributed by atoms with Gasteiger partial charge in [-0.3, -0.25) is 0 Å². The molecule has 0 spiro atoms. The molecule has 8 aromatic carbocycles. The first-order valence-electron chi connectivity index (χ1n) is 15.8. The molecule has 0 aliphatic rings. The smallest absolute Gasteiger partial charge is 0.136 e. The van der Waals surface area contributed by atoms with Crippen LogP contribution in [0, 0.1) is 0 Å². The van der Waals surface area contributed by atoms with E-state index in [4.69, 9.17) is 4.42 Å². The van der Waals surface area contributed by atoms with Crippen LogP contribution in [0.5, 0.6) is 0 Å². The quantitative estimate of drug-likeness (QED) is 0.191. The third kappa shape index (κ3) is 4.39. The molecule has 0 fully saturated rings. The molecule has 0 saturated heterocycles. The first kappa shape index (κ1) is 26.9. The van der Waals surface area contributed by atoms with Gasteiger partial charge in [0.25, 0.3) is 0 Å². The van der Waals surface area contributed by atoms with Crippen LogP contribution in [0.15, 0.2) is 162 Å². The monoisotopic (exact) mass is 576 g/mol. The van der Waals surface area contributed by atoms with Crippen molar-refractivity contribution in [3.05, 3.63) is 158 Å². The first-order valence-corrected chi connectivity index (χ1v) is 15.8. The van der Waals surface area contributed by atoms with Gasteiger partial charge in [-0.15, -0.1) is 0 Å². The van der Waals surface area contributed by atoms with E-state index in [1.165, 1.54) is 71.1 Å². The van der Waals surface area contributed by atoms with Crippen LogP contribution < -0.4 is 0 Å². The van der Waals surface area contributed by atoms with Crippen LogP contribution in [-0.4, -0.2) is 0 Å². The van der Waals surface area contributed by atoms with E-state index >= 15 is 0 Å². The molecule has 0 N–H and O–H groups in total. The highest BCUT2D eigenvalue weighted by atomic mass is 16.3. The maximum absolute atomic E-state index is 6.25. The predicted octanol–water partition coefficient (Wildman–Crippen LogP) is 13.1. The summed E-state index contributed by atoms with van der Waals surface area (Å²) < 4.78 is 6.25. The molecule has 1 nitrogen and oxygen atoms in total. The average Bonchev–Trinajstić information content (AvgIpc) is 3.50. The number of hydrogen-bond acceptors (Lipinski definition) is 1. The summed E-state index contributed by atoms with van der Waals surface area (Å²) in [5.74, 6) is 0. The van der Waals surface area contributed by atoms with Crippen molar-refractivity contribution in [1.82, 2.24) is 0 Å². The summed E-state index contributed by atoms with van der Waals surface area (Å²) in [4.78, 5) is 0. The lowest BCUT2D eigenvalue weighted by atomic mass is 9.86. The van der Waals surface area contributed by atoms with Crippen molar-refractivity contribution >= 4 is 54.3 Å². The SMILES string of the molecule is CC.c1ccc(-c2c3ccccc3c(-c3ccc(-c4ccc5oc6ccc7ccccc7c6c5c4)cc3)c3ccccc23)cc1. The number of rotatable bonds is 3. The second kappa shape index (κ2) is 11.1. The lowest BCUT2D eigenvalue weighted by molar-refractivity contribution is 0.669. The molecule has 0 radical (unpaired) electrons. The Morgan fingerprint density at radius 3 is 1.42 bits per heavy atom. The van der Waals surface area contributed by atoms with E-state index in [2.05, 4.69) is 158 Å². The lowest BCUT2D eigenvalue weighted by Gasteiger charge is -2.18. The van der Waals surface area contributed by atoms with Gasteiger partial charge >= 0.3 is 0 Å². The van der Waals surface area contributed by atoms with Gasteiger partial charge in [-0.05, 0) is 83.9 Å². The van der Waals surface area contributed by atoms with E-state index in [1.807, 2.05) is 13.8 Å². The van der Waals surface area contributed by atoms with Crippen molar-refractivity contribution in [2.24, 2.45) is 0 Å². The van der Waals surface area contributed by atoms with E-state index in [0.717, 1.165) is 16.6 Å². The molecule has 0 atom stereocenters. The minimum atomic E-state index is 0.920. The number of fused-ring (bicyclic) bond motifs is 7. The Balaban J connectivity index is 0.00000147. The van der Waals surface area contributed by atoms with Crippen LogP contribution in [0.3, 0.4) is 0 Å². The van der Waals surface area contributed by atoms with Crippen LogP contribution in [0.25, 0.3) is 87.6 Å². The Labute approximate surface area is 263 Å². The molecule has 9 aromatic rings. The molecular formula is C44H32O. The van der Waals surface area contributed by atoms with Gasteiger partial charge in [-0.2, -0.15) is 0 Å². The van der Waals surface area contributed by atoms with Gasteiger partial charge in [0, 0.05) is 10.8 Å². The summed E-state index contributed by atoms with van der Waals surface area (Å²) in [6.45, 7) is 4.00. The van der Waals surface area contributed by atoms with Crippen molar-refractivity contribution in [3.8, 4) is 33.4 Å². The molecule has 0 bridgehead atoms. The molecular weight excluding hydrogens is 544 g/mol. The van der Waals surface area contributed by atoms with Crippen LogP contribution in [0.4, 0.5) is 0 Å².